The zero-order valence-electron chi connectivity index (χ0n) is 9.66. The Kier molecular flexibility index (Phi) is 4.82. The summed E-state index contributed by atoms with van der Waals surface area (Å²) in [4.78, 5) is 11.7. The molecule has 0 aliphatic carbocycles. The molecule has 0 aromatic heterocycles. The van der Waals surface area contributed by atoms with Gasteiger partial charge in [0.2, 0.25) is 0 Å². The Morgan fingerprint density at radius 2 is 2.27 bits per heavy atom. The van der Waals surface area contributed by atoms with Crippen LogP contribution in [0.2, 0.25) is 0 Å². The lowest BCUT2D eigenvalue weighted by Crippen LogP contribution is -2.42. The molecule has 0 aromatic rings. The minimum atomic E-state index is -0.115. The number of esters is 1. The fourth-order valence-electron chi connectivity index (χ4n) is 1.62. The van der Waals surface area contributed by atoms with Crippen LogP contribution in [0.15, 0.2) is 12.7 Å². The Morgan fingerprint density at radius 3 is 2.80 bits per heavy atom. The van der Waals surface area contributed by atoms with E-state index in [0.29, 0.717) is 0 Å². The molecular formula is C12H21NO2. The number of hydrogen-bond donors (Lipinski definition) is 1. The summed E-state index contributed by atoms with van der Waals surface area (Å²) in [6.45, 7) is 8.53. The first-order chi connectivity index (χ1) is 7.15. The predicted molar refractivity (Wildman–Crippen MR) is 60.6 cm³/mol. The van der Waals surface area contributed by atoms with Gasteiger partial charge in [0.05, 0.1) is 0 Å². The smallest absolute Gasteiger partial charge is 0.323 e. The second-order valence-electron chi connectivity index (χ2n) is 4.24. The molecule has 1 rings (SSSR count). The zero-order chi connectivity index (χ0) is 11.3. The SMILES string of the molecule is C=C[C@H](C)[C@@H](C)OC(=O)[C@@H]1CCCCN1. The van der Waals surface area contributed by atoms with E-state index in [1.54, 1.807) is 0 Å². The highest BCUT2D eigenvalue weighted by atomic mass is 16.5. The van der Waals surface area contributed by atoms with E-state index in [9.17, 15) is 4.79 Å². The van der Waals surface area contributed by atoms with Crippen molar-refractivity contribution in [1.82, 2.24) is 5.32 Å². The standard InChI is InChI=1S/C12H21NO2/c1-4-9(2)10(3)15-12(14)11-7-5-6-8-13-11/h4,9-11,13H,1,5-8H2,2-3H3/t9-,10+,11-/m0/s1. The van der Waals surface area contributed by atoms with Gasteiger partial charge in [-0.1, -0.05) is 19.4 Å². The highest BCUT2D eigenvalue weighted by Gasteiger charge is 2.24. The monoisotopic (exact) mass is 211 g/mol. The first-order valence-electron chi connectivity index (χ1n) is 5.71. The Labute approximate surface area is 91.9 Å². The van der Waals surface area contributed by atoms with Crippen LogP contribution in [-0.2, 0) is 9.53 Å². The molecule has 0 spiro atoms. The summed E-state index contributed by atoms with van der Waals surface area (Å²) in [5, 5.41) is 3.18. The Balaban J connectivity index is 2.36. The van der Waals surface area contributed by atoms with Gasteiger partial charge in [0.15, 0.2) is 0 Å². The quantitative estimate of drug-likeness (QED) is 0.570. The third kappa shape index (κ3) is 3.67. The zero-order valence-corrected chi connectivity index (χ0v) is 9.66. The third-order valence-electron chi connectivity index (χ3n) is 3.01. The summed E-state index contributed by atoms with van der Waals surface area (Å²) in [7, 11) is 0. The molecule has 1 heterocycles. The lowest BCUT2D eigenvalue weighted by Gasteiger charge is -2.25. The molecular weight excluding hydrogens is 190 g/mol. The first-order valence-corrected chi connectivity index (χ1v) is 5.71. The van der Waals surface area contributed by atoms with Crippen molar-refractivity contribution >= 4 is 5.97 Å². The summed E-state index contributed by atoms with van der Waals surface area (Å²) in [5.41, 5.74) is 0. The van der Waals surface area contributed by atoms with Gasteiger partial charge in [-0.15, -0.1) is 6.58 Å². The van der Waals surface area contributed by atoms with Crippen molar-refractivity contribution in [3.63, 3.8) is 0 Å². The van der Waals surface area contributed by atoms with E-state index in [1.807, 2.05) is 19.9 Å². The molecule has 1 aliphatic heterocycles. The van der Waals surface area contributed by atoms with Crippen LogP contribution in [0.1, 0.15) is 33.1 Å². The van der Waals surface area contributed by atoms with Crippen LogP contribution in [-0.4, -0.2) is 24.7 Å². The van der Waals surface area contributed by atoms with Crippen molar-refractivity contribution in [3.8, 4) is 0 Å². The van der Waals surface area contributed by atoms with Crippen LogP contribution in [0.3, 0.4) is 0 Å². The summed E-state index contributed by atoms with van der Waals surface area (Å²) < 4.78 is 5.37. The van der Waals surface area contributed by atoms with E-state index < -0.39 is 0 Å². The van der Waals surface area contributed by atoms with Crippen LogP contribution in [0.5, 0.6) is 0 Å². The Morgan fingerprint density at radius 1 is 1.53 bits per heavy atom. The van der Waals surface area contributed by atoms with Gasteiger partial charge < -0.3 is 10.1 Å². The summed E-state index contributed by atoms with van der Waals surface area (Å²) in [5.74, 6) is 0.0911. The lowest BCUT2D eigenvalue weighted by molar-refractivity contribution is -0.152. The lowest BCUT2D eigenvalue weighted by atomic mass is 10.0. The van der Waals surface area contributed by atoms with E-state index in [-0.39, 0.29) is 24.0 Å². The van der Waals surface area contributed by atoms with E-state index in [0.717, 1.165) is 25.8 Å². The molecule has 0 unspecified atom stereocenters. The minimum Gasteiger partial charge on any atom is -0.461 e. The van der Waals surface area contributed by atoms with Crippen LogP contribution in [0.4, 0.5) is 0 Å². The van der Waals surface area contributed by atoms with Crippen LogP contribution in [0.25, 0.3) is 0 Å². The number of hydrogen-bond acceptors (Lipinski definition) is 3. The van der Waals surface area contributed by atoms with E-state index in [1.165, 1.54) is 0 Å². The molecule has 15 heavy (non-hydrogen) atoms. The fraction of sp³-hybridized carbons (Fsp3) is 0.750. The Hall–Kier alpha value is -0.830. The molecule has 0 radical (unpaired) electrons. The van der Waals surface area contributed by atoms with Gasteiger partial charge in [0.25, 0.3) is 0 Å². The van der Waals surface area contributed by atoms with Crippen molar-refractivity contribution in [1.29, 1.82) is 0 Å². The molecule has 0 amide bonds. The number of nitrogens with one attached hydrogen (secondary N) is 1. The molecule has 0 saturated carbocycles. The molecule has 3 nitrogen and oxygen atoms in total. The average Bonchev–Trinajstić information content (AvgIpc) is 2.29. The molecule has 1 aliphatic rings. The topological polar surface area (TPSA) is 38.3 Å². The largest absolute Gasteiger partial charge is 0.461 e. The van der Waals surface area contributed by atoms with Crippen molar-refractivity contribution < 1.29 is 9.53 Å². The van der Waals surface area contributed by atoms with Crippen LogP contribution >= 0.6 is 0 Å². The number of carbonyl (C=O) groups is 1. The molecule has 1 saturated heterocycles. The molecule has 1 N–H and O–H groups in total. The highest BCUT2D eigenvalue weighted by Crippen LogP contribution is 2.13. The predicted octanol–water partition coefficient (Wildman–Crippen LogP) is 1.88. The minimum absolute atomic E-state index is 0.0845. The number of carbonyl (C=O) groups excluding carboxylic acids is 1. The highest BCUT2D eigenvalue weighted by molar-refractivity contribution is 5.76. The van der Waals surface area contributed by atoms with Crippen molar-refractivity contribution in [2.75, 3.05) is 6.54 Å². The maximum absolute atomic E-state index is 11.7. The summed E-state index contributed by atoms with van der Waals surface area (Å²) in [6, 6.07) is -0.0989. The van der Waals surface area contributed by atoms with Gasteiger partial charge in [-0.2, -0.15) is 0 Å². The average molecular weight is 211 g/mol. The van der Waals surface area contributed by atoms with Crippen LogP contribution < -0.4 is 5.32 Å². The van der Waals surface area contributed by atoms with E-state index >= 15 is 0 Å². The molecule has 1 fully saturated rings. The summed E-state index contributed by atoms with van der Waals surface area (Å²) >= 11 is 0. The van der Waals surface area contributed by atoms with Crippen molar-refractivity contribution in [2.24, 2.45) is 5.92 Å². The summed E-state index contributed by atoms with van der Waals surface area (Å²) in [6.07, 6.45) is 4.89. The number of ether oxygens (including phenoxy) is 1. The second kappa shape index (κ2) is 5.91. The van der Waals surface area contributed by atoms with Crippen LogP contribution in [0, 0.1) is 5.92 Å². The number of rotatable bonds is 4. The fourth-order valence-corrected chi connectivity index (χ4v) is 1.62. The molecule has 86 valence electrons. The second-order valence-corrected chi connectivity index (χ2v) is 4.24. The van der Waals surface area contributed by atoms with E-state index in [4.69, 9.17) is 4.74 Å². The van der Waals surface area contributed by atoms with E-state index in [2.05, 4.69) is 11.9 Å². The molecule has 3 heteroatoms. The first kappa shape index (κ1) is 12.2. The molecule has 0 bridgehead atoms. The van der Waals surface area contributed by atoms with Gasteiger partial charge in [-0.25, -0.2) is 0 Å². The van der Waals surface area contributed by atoms with Gasteiger partial charge in [-0.05, 0) is 26.3 Å². The van der Waals surface area contributed by atoms with Gasteiger partial charge in [-0.3, -0.25) is 4.79 Å². The van der Waals surface area contributed by atoms with Gasteiger partial charge in [0, 0.05) is 5.92 Å². The molecule has 0 aromatic carbocycles. The molecule has 3 atom stereocenters. The van der Waals surface area contributed by atoms with Gasteiger partial charge >= 0.3 is 5.97 Å². The maximum Gasteiger partial charge on any atom is 0.323 e. The number of piperidine rings is 1. The maximum atomic E-state index is 11.7. The van der Waals surface area contributed by atoms with Crippen molar-refractivity contribution in [3.05, 3.63) is 12.7 Å². The van der Waals surface area contributed by atoms with Crippen molar-refractivity contribution in [2.45, 2.75) is 45.3 Å². The Bertz CT molecular complexity index is 222. The third-order valence-corrected chi connectivity index (χ3v) is 3.01. The normalized spacial score (nSPS) is 25.3. The van der Waals surface area contributed by atoms with Gasteiger partial charge in [0.1, 0.15) is 12.1 Å².